The van der Waals surface area contributed by atoms with Crippen LogP contribution in [0, 0.1) is 0 Å². The van der Waals surface area contributed by atoms with Crippen LogP contribution in [0.3, 0.4) is 0 Å². The van der Waals surface area contributed by atoms with E-state index in [-0.39, 0.29) is 0 Å². The van der Waals surface area contributed by atoms with E-state index in [0.717, 1.165) is 19.6 Å². The van der Waals surface area contributed by atoms with Crippen LogP contribution < -0.4 is 0 Å². The normalized spacial score (nSPS) is 20.7. The Bertz CT molecular complexity index is 156. The quantitative estimate of drug-likeness (QED) is 0.600. The van der Waals surface area contributed by atoms with E-state index in [9.17, 15) is 0 Å². The zero-order valence-corrected chi connectivity index (χ0v) is 9.90. The average molecular weight is 191 g/mol. The summed E-state index contributed by atoms with van der Waals surface area (Å²) in [5.41, 5.74) is 0. The lowest BCUT2D eigenvalue weighted by atomic mass is 9.56. The molecule has 0 amide bonds. The lowest BCUT2D eigenvalue weighted by Crippen LogP contribution is -2.67. The van der Waals surface area contributed by atoms with Crippen molar-refractivity contribution in [2.45, 2.75) is 34.0 Å². The van der Waals surface area contributed by atoms with Crippen LogP contribution in [0.25, 0.3) is 0 Å². The maximum Gasteiger partial charge on any atom is 0.290 e. The predicted molar refractivity (Wildman–Crippen MR) is 64.9 cm³/mol. The molecule has 0 atom stereocenters. The first-order valence-electron chi connectivity index (χ1n) is 5.73. The van der Waals surface area contributed by atoms with Crippen molar-refractivity contribution in [2.75, 3.05) is 19.6 Å². The molecule has 0 aliphatic carbocycles. The first kappa shape index (κ1) is 12.1. The molecule has 14 heavy (non-hydrogen) atoms. The average Bonchev–Trinajstić information content (AvgIpc) is 2.26. The van der Waals surface area contributed by atoms with Crippen molar-refractivity contribution in [1.82, 2.24) is 14.2 Å². The van der Waals surface area contributed by atoms with E-state index in [4.69, 9.17) is 0 Å². The molecule has 1 aliphatic rings. The van der Waals surface area contributed by atoms with Crippen molar-refractivity contribution in [3.05, 3.63) is 0 Å². The molecular weight excluding hydrogens is 171 g/mol. The van der Waals surface area contributed by atoms with Gasteiger partial charge in [0.15, 0.2) is 0 Å². The lowest BCUT2D eigenvalue weighted by molar-refractivity contribution is 0.485. The Labute approximate surface area is 90.5 Å². The molecule has 6 heteroatoms. The van der Waals surface area contributed by atoms with Crippen LogP contribution in [0.4, 0.5) is 0 Å². The van der Waals surface area contributed by atoms with E-state index in [2.05, 4.69) is 57.0 Å². The number of nitrogens with zero attached hydrogens (tertiary/aromatic N) is 3. The van der Waals surface area contributed by atoms with Gasteiger partial charge in [-0.3, -0.25) is 0 Å². The molecule has 0 N–H and O–H groups in total. The summed E-state index contributed by atoms with van der Waals surface area (Å²) in [6, 6.07) is 0. The number of hydrogen-bond donors (Lipinski definition) is 0. The van der Waals surface area contributed by atoms with Crippen LogP contribution in [0.2, 0.25) is 6.32 Å². The molecule has 1 heterocycles. The summed E-state index contributed by atoms with van der Waals surface area (Å²) < 4.78 is 7.07. The van der Waals surface area contributed by atoms with Crippen molar-refractivity contribution < 1.29 is 0 Å². The highest BCUT2D eigenvalue weighted by Gasteiger charge is 2.34. The molecule has 0 aromatic heterocycles. The second-order valence-electron chi connectivity index (χ2n) is 3.61. The standard InChI is InChI=1S/C8H20B3N3/c1-5-11-13(7-3)9-12(6-2)10-14(11)8-4/h5-8H2,1-4H3. The maximum atomic E-state index is 2.41. The highest BCUT2D eigenvalue weighted by molar-refractivity contribution is 6.74. The van der Waals surface area contributed by atoms with Gasteiger partial charge in [-0.25, -0.2) is 0 Å². The van der Waals surface area contributed by atoms with E-state index in [1.165, 1.54) is 6.32 Å². The van der Waals surface area contributed by atoms with Crippen molar-refractivity contribution in [2.24, 2.45) is 0 Å². The third kappa shape index (κ3) is 2.56. The SMILES string of the molecule is CCB1N(CC)[B]N(CC)[B]N1CC. The Hall–Kier alpha value is 0.0748. The van der Waals surface area contributed by atoms with Gasteiger partial charge in [0, 0.05) is 0 Å². The first-order chi connectivity index (χ1) is 6.76. The third-order valence-electron chi connectivity index (χ3n) is 2.82. The molecule has 0 aromatic carbocycles. The molecular formula is C8H20B3N3. The minimum Gasteiger partial charge on any atom is -0.365 e. The number of hydrogen-bond acceptors (Lipinski definition) is 3. The van der Waals surface area contributed by atoms with Crippen LogP contribution >= 0.6 is 0 Å². The molecule has 1 rings (SSSR count). The van der Waals surface area contributed by atoms with Gasteiger partial charge in [0.05, 0.1) is 0 Å². The van der Waals surface area contributed by atoms with Gasteiger partial charge >= 0.3 is 0 Å². The molecule has 76 valence electrons. The number of rotatable bonds is 4. The van der Waals surface area contributed by atoms with E-state index >= 15 is 0 Å². The maximum absolute atomic E-state index is 2.41. The molecule has 0 unspecified atom stereocenters. The highest BCUT2D eigenvalue weighted by Crippen LogP contribution is 2.11. The van der Waals surface area contributed by atoms with Crippen LogP contribution in [0.15, 0.2) is 0 Å². The third-order valence-corrected chi connectivity index (χ3v) is 2.82. The molecule has 0 spiro atoms. The van der Waals surface area contributed by atoms with Crippen molar-refractivity contribution >= 4 is 22.1 Å². The van der Waals surface area contributed by atoms with Crippen LogP contribution in [0.5, 0.6) is 0 Å². The van der Waals surface area contributed by atoms with E-state index in [1.54, 1.807) is 0 Å². The van der Waals surface area contributed by atoms with Gasteiger partial charge in [0.2, 0.25) is 0 Å². The summed E-state index contributed by atoms with van der Waals surface area (Å²) in [7, 11) is 4.47. The Morgan fingerprint density at radius 1 is 0.857 bits per heavy atom. The van der Waals surface area contributed by atoms with E-state index in [0.29, 0.717) is 6.98 Å². The molecule has 3 nitrogen and oxygen atoms in total. The minimum atomic E-state index is 0.549. The van der Waals surface area contributed by atoms with Crippen molar-refractivity contribution in [3.63, 3.8) is 0 Å². The molecule has 1 fully saturated rings. The molecule has 2 radical (unpaired) electrons. The summed E-state index contributed by atoms with van der Waals surface area (Å²) in [4.78, 5) is 0. The second kappa shape index (κ2) is 5.84. The highest BCUT2D eigenvalue weighted by atomic mass is 15.3. The van der Waals surface area contributed by atoms with Crippen LogP contribution in [-0.2, 0) is 0 Å². The van der Waals surface area contributed by atoms with Gasteiger partial charge in [-0.1, -0.05) is 27.7 Å². The Morgan fingerprint density at radius 2 is 1.36 bits per heavy atom. The smallest absolute Gasteiger partial charge is 0.290 e. The Kier molecular flexibility index (Phi) is 5.06. The minimum absolute atomic E-state index is 0.549. The second-order valence-corrected chi connectivity index (χ2v) is 3.61. The van der Waals surface area contributed by atoms with Crippen molar-refractivity contribution in [3.8, 4) is 0 Å². The lowest BCUT2D eigenvalue weighted by Gasteiger charge is -2.44. The predicted octanol–water partition coefficient (Wildman–Crippen LogP) is 0.542. The topological polar surface area (TPSA) is 9.72 Å². The summed E-state index contributed by atoms with van der Waals surface area (Å²) in [5, 5.41) is 0. The molecule has 1 aliphatic heterocycles. The fourth-order valence-electron chi connectivity index (χ4n) is 1.97. The van der Waals surface area contributed by atoms with Gasteiger partial charge in [-0.2, -0.15) is 0 Å². The summed E-state index contributed by atoms with van der Waals surface area (Å²) in [5.74, 6) is 0. The zero-order chi connectivity index (χ0) is 10.6. The summed E-state index contributed by atoms with van der Waals surface area (Å²) in [6.45, 7) is 12.6. The van der Waals surface area contributed by atoms with E-state index in [1.807, 2.05) is 0 Å². The van der Waals surface area contributed by atoms with Gasteiger partial charge in [-0.15, -0.1) is 0 Å². The summed E-state index contributed by atoms with van der Waals surface area (Å²) in [6.07, 6.45) is 1.17. The van der Waals surface area contributed by atoms with Gasteiger partial charge in [-0.05, 0) is 26.0 Å². The first-order valence-corrected chi connectivity index (χ1v) is 5.73. The fourth-order valence-corrected chi connectivity index (χ4v) is 1.97. The van der Waals surface area contributed by atoms with Gasteiger partial charge < -0.3 is 14.2 Å². The molecule has 0 aromatic rings. The Morgan fingerprint density at radius 3 is 1.64 bits per heavy atom. The van der Waals surface area contributed by atoms with Gasteiger partial charge in [0.1, 0.15) is 0 Å². The van der Waals surface area contributed by atoms with Crippen LogP contribution in [0.1, 0.15) is 27.7 Å². The molecule has 1 saturated heterocycles. The Balaban J connectivity index is 2.63. The van der Waals surface area contributed by atoms with Crippen LogP contribution in [-0.4, -0.2) is 55.9 Å². The summed E-state index contributed by atoms with van der Waals surface area (Å²) >= 11 is 0. The monoisotopic (exact) mass is 191 g/mol. The fraction of sp³-hybridized carbons (Fsp3) is 1.00. The molecule has 0 saturated carbocycles. The largest absolute Gasteiger partial charge is 0.365 e. The van der Waals surface area contributed by atoms with Gasteiger partial charge in [0.25, 0.3) is 22.1 Å². The molecule has 0 bridgehead atoms. The van der Waals surface area contributed by atoms with E-state index < -0.39 is 0 Å². The zero-order valence-electron chi connectivity index (χ0n) is 9.90. The van der Waals surface area contributed by atoms with Crippen molar-refractivity contribution in [1.29, 1.82) is 0 Å².